The van der Waals surface area contributed by atoms with Crippen LogP contribution in [0.4, 0.5) is 0 Å². The summed E-state index contributed by atoms with van der Waals surface area (Å²) in [6.07, 6.45) is -2.09. The van der Waals surface area contributed by atoms with E-state index in [1.54, 1.807) is 24.3 Å². The second kappa shape index (κ2) is 5.39. The Bertz CT molecular complexity index is 403. The van der Waals surface area contributed by atoms with Crippen molar-refractivity contribution in [1.29, 1.82) is 0 Å². The normalized spacial score (nSPS) is 12.1. The highest BCUT2D eigenvalue weighted by molar-refractivity contribution is 5.98. The van der Waals surface area contributed by atoms with Crippen molar-refractivity contribution in [3.63, 3.8) is 0 Å². The maximum absolute atomic E-state index is 11.6. The van der Waals surface area contributed by atoms with Gasteiger partial charge in [0.2, 0.25) is 0 Å². The predicted molar refractivity (Wildman–Crippen MR) is 56.9 cm³/mol. The van der Waals surface area contributed by atoms with Crippen molar-refractivity contribution in [1.82, 2.24) is 0 Å². The molecule has 0 aromatic heterocycles. The number of hydrogen-bond acceptors (Lipinski definition) is 4. The Balaban J connectivity index is 2.76. The van der Waals surface area contributed by atoms with Gasteiger partial charge in [-0.2, -0.15) is 0 Å². The van der Waals surface area contributed by atoms with Crippen LogP contribution < -0.4 is 5.73 Å². The number of carboxylic acid groups (broad SMARTS) is 1. The van der Waals surface area contributed by atoms with E-state index in [1.807, 2.05) is 0 Å². The van der Waals surface area contributed by atoms with E-state index in [1.165, 1.54) is 0 Å². The van der Waals surface area contributed by atoms with E-state index < -0.39 is 24.3 Å². The average molecular weight is 223 g/mol. The molecule has 16 heavy (non-hydrogen) atoms. The van der Waals surface area contributed by atoms with E-state index in [2.05, 4.69) is 0 Å². The number of benzene rings is 1. The van der Waals surface area contributed by atoms with E-state index in [0.717, 1.165) is 5.56 Å². The first-order chi connectivity index (χ1) is 7.54. The summed E-state index contributed by atoms with van der Waals surface area (Å²) in [5.41, 5.74) is 6.57. The third-order valence-corrected chi connectivity index (χ3v) is 2.15. The zero-order chi connectivity index (χ0) is 12.1. The van der Waals surface area contributed by atoms with Gasteiger partial charge in [0.1, 0.15) is 0 Å². The van der Waals surface area contributed by atoms with E-state index >= 15 is 0 Å². The number of carbonyl (C=O) groups excluding carboxylic acids is 1. The number of rotatable bonds is 5. The number of hydrogen-bond donors (Lipinski definition) is 3. The molecule has 1 unspecified atom stereocenters. The molecule has 0 saturated carbocycles. The minimum atomic E-state index is -1.66. The molecule has 0 fully saturated rings. The molecule has 0 heterocycles. The number of nitrogens with two attached hydrogens (primary N) is 1. The average Bonchev–Trinajstić information content (AvgIpc) is 2.28. The standard InChI is InChI=1S/C11H13NO4/c12-6-7-2-1-3-8(4-7)9(13)5-10(14)11(15)16/h1-4,10,14H,5-6,12H2,(H,15,16). The van der Waals surface area contributed by atoms with Crippen molar-refractivity contribution in [3.8, 4) is 0 Å². The first-order valence-electron chi connectivity index (χ1n) is 4.77. The Morgan fingerprint density at radius 2 is 2.06 bits per heavy atom. The molecule has 0 aliphatic rings. The van der Waals surface area contributed by atoms with Crippen molar-refractivity contribution >= 4 is 11.8 Å². The van der Waals surface area contributed by atoms with Crippen LogP contribution in [0.15, 0.2) is 24.3 Å². The molecule has 1 aromatic rings. The summed E-state index contributed by atoms with van der Waals surface area (Å²) in [4.78, 5) is 21.9. The van der Waals surface area contributed by atoms with Crippen molar-refractivity contribution in [3.05, 3.63) is 35.4 Å². The van der Waals surface area contributed by atoms with Crippen LogP contribution in [-0.2, 0) is 11.3 Å². The molecular formula is C11H13NO4. The van der Waals surface area contributed by atoms with Crippen LogP contribution in [0.2, 0.25) is 0 Å². The van der Waals surface area contributed by atoms with Gasteiger partial charge >= 0.3 is 5.97 Å². The van der Waals surface area contributed by atoms with Gasteiger partial charge in [0, 0.05) is 18.5 Å². The van der Waals surface area contributed by atoms with Crippen LogP contribution in [0.25, 0.3) is 0 Å². The molecule has 1 atom stereocenters. The number of aliphatic carboxylic acids is 1. The third-order valence-electron chi connectivity index (χ3n) is 2.15. The molecule has 4 N–H and O–H groups in total. The molecule has 0 amide bonds. The number of Topliss-reactive ketones (excluding diaryl/α,β-unsaturated/α-hetero) is 1. The number of aliphatic hydroxyl groups is 1. The van der Waals surface area contributed by atoms with Gasteiger partial charge < -0.3 is 15.9 Å². The molecule has 0 bridgehead atoms. The first-order valence-corrected chi connectivity index (χ1v) is 4.77. The van der Waals surface area contributed by atoms with E-state index in [9.17, 15) is 9.59 Å². The highest BCUT2D eigenvalue weighted by Crippen LogP contribution is 2.09. The highest BCUT2D eigenvalue weighted by Gasteiger charge is 2.18. The minimum absolute atomic E-state index is 0.308. The maximum Gasteiger partial charge on any atom is 0.332 e. The summed E-state index contributed by atoms with van der Waals surface area (Å²) in [6.45, 7) is 0.308. The summed E-state index contributed by atoms with van der Waals surface area (Å²) < 4.78 is 0. The van der Waals surface area contributed by atoms with E-state index in [4.69, 9.17) is 15.9 Å². The molecule has 0 spiro atoms. The fourth-order valence-electron chi connectivity index (χ4n) is 1.25. The fourth-order valence-corrected chi connectivity index (χ4v) is 1.25. The van der Waals surface area contributed by atoms with Crippen LogP contribution in [0.5, 0.6) is 0 Å². The summed E-state index contributed by atoms with van der Waals surface area (Å²) in [5, 5.41) is 17.5. The van der Waals surface area contributed by atoms with Gasteiger partial charge in [-0.15, -0.1) is 0 Å². The quantitative estimate of drug-likeness (QED) is 0.617. The molecule has 1 rings (SSSR count). The van der Waals surface area contributed by atoms with Crippen LogP contribution in [0.1, 0.15) is 22.3 Å². The molecule has 0 saturated heterocycles. The zero-order valence-electron chi connectivity index (χ0n) is 8.59. The Labute approximate surface area is 92.5 Å². The third kappa shape index (κ3) is 3.15. The SMILES string of the molecule is NCc1cccc(C(=O)CC(O)C(=O)O)c1. The Hall–Kier alpha value is -1.72. The highest BCUT2D eigenvalue weighted by atomic mass is 16.4. The summed E-state index contributed by atoms with van der Waals surface area (Å²) in [7, 11) is 0. The van der Waals surface area contributed by atoms with Gasteiger partial charge in [-0.25, -0.2) is 4.79 Å². The van der Waals surface area contributed by atoms with E-state index in [-0.39, 0.29) is 0 Å². The van der Waals surface area contributed by atoms with Crippen molar-refractivity contribution in [2.24, 2.45) is 5.73 Å². The van der Waals surface area contributed by atoms with Gasteiger partial charge in [0.25, 0.3) is 0 Å². The van der Waals surface area contributed by atoms with Crippen LogP contribution in [0, 0.1) is 0 Å². The molecule has 0 radical (unpaired) electrons. The van der Waals surface area contributed by atoms with Gasteiger partial charge in [-0.1, -0.05) is 18.2 Å². The topological polar surface area (TPSA) is 101 Å². The van der Waals surface area contributed by atoms with Gasteiger partial charge in [-0.3, -0.25) is 4.79 Å². The molecule has 1 aromatic carbocycles. The zero-order valence-corrected chi connectivity index (χ0v) is 8.59. The largest absolute Gasteiger partial charge is 0.479 e. The van der Waals surface area contributed by atoms with Gasteiger partial charge in [0.05, 0.1) is 0 Å². The monoisotopic (exact) mass is 223 g/mol. The Morgan fingerprint density at radius 1 is 1.38 bits per heavy atom. The van der Waals surface area contributed by atoms with Crippen molar-refractivity contribution < 1.29 is 19.8 Å². The summed E-state index contributed by atoms with van der Waals surface area (Å²) >= 11 is 0. The summed E-state index contributed by atoms with van der Waals surface area (Å²) in [6, 6.07) is 6.60. The van der Waals surface area contributed by atoms with Gasteiger partial charge in [0.15, 0.2) is 11.9 Å². The number of aliphatic hydroxyl groups excluding tert-OH is 1. The lowest BCUT2D eigenvalue weighted by Gasteiger charge is -2.05. The lowest BCUT2D eigenvalue weighted by molar-refractivity contribution is -0.146. The van der Waals surface area contributed by atoms with Crippen LogP contribution >= 0.6 is 0 Å². The molecule has 0 aliphatic heterocycles. The minimum Gasteiger partial charge on any atom is -0.479 e. The van der Waals surface area contributed by atoms with Crippen LogP contribution in [0.3, 0.4) is 0 Å². The first kappa shape index (κ1) is 12.4. The molecule has 5 nitrogen and oxygen atoms in total. The number of carbonyl (C=O) groups is 2. The number of ketones is 1. The lowest BCUT2D eigenvalue weighted by atomic mass is 10.0. The van der Waals surface area contributed by atoms with E-state index in [0.29, 0.717) is 12.1 Å². The Morgan fingerprint density at radius 3 is 2.62 bits per heavy atom. The number of carboxylic acids is 1. The molecule has 0 aliphatic carbocycles. The van der Waals surface area contributed by atoms with Crippen molar-refractivity contribution in [2.45, 2.75) is 19.1 Å². The smallest absolute Gasteiger partial charge is 0.332 e. The van der Waals surface area contributed by atoms with Gasteiger partial charge in [-0.05, 0) is 11.6 Å². The second-order valence-corrected chi connectivity index (χ2v) is 3.39. The Kier molecular flexibility index (Phi) is 4.16. The van der Waals surface area contributed by atoms with Crippen molar-refractivity contribution in [2.75, 3.05) is 0 Å². The summed E-state index contributed by atoms with van der Waals surface area (Å²) in [5.74, 6) is -1.81. The maximum atomic E-state index is 11.6. The van der Waals surface area contributed by atoms with Crippen LogP contribution in [-0.4, -0.2) is 28.1 Å². The lowest BCUT2D eigenvalue weighted by Crippen LogP contribution is -2.23. The second-order valence-electron chi connectivity index (χ2n) is 3.39. The predicted octanol–water partition coefficient (Wildman–Crippen LogP) is 0.164. The molecule has 86 valence electrons. The molecular weight excluding hydrogens is 210 g/mol. The fraction of sp³-hybridized carbons (Fsp3) is 0.273. The molecule has 5 heteroatoms.